The summed E-state index contributed by atoms with van der Waals surface area (Å²) in [5, 5.41) is 13.3. The summed E-state index contributed by atoms with van der Waals surface area (Å²) in [6.07, 6.45) is -0.915. The number of benzene rings is 1. The second-order valence-electron chi connectivity index (χ2n) is 4.69. The Morgan fingerprint density at radius 2 is 1.84 bits per heavy atom. The summed E-state index contributed by atoms with van der Waals surface area (Å²) in [4.78, 5) is 2.15. The van der Waals surface area contributed by atoms with Crippen molar-refractivity contribution in [2.24, 2.45) is 0 Å². The molecule has 2 atom stereocenters. The van der Waals surface area contributed by atoms with E-state index in [1.807, 2.05) is 24.3 Å². The molecule has 0 amide bonds. The van der Waals surface area contributed by atoms with Crippen molar-refractivity contribution < 1.29 is 14.6 Å². The number of aliphatic hydroxyl groups excluding tert-OH is 1. The van der Waals surface area contributed by atoms with E-state index in [1.165, 1.54) is 0 Å². The maximum absolute atomic E-state index is 9.96. The molecule has 1 aromatic carbocycles. The summed E-state index contributed by atoms with van der Waals surface area (Å²) >= 11 is 0. The minimum atomic E-state index is -0.567. The fourth-order valence-corrected chi connectivity index (χ4v) is 2.26. The van der Waals surface area contributed by atoms with Gasteiger partial charge in [0.2, 0.25) is 0 Å². The van der Waals surface area contributed by atoms with Gasteiger partial charge in [0.05, 0.1) is 7.11 Å². The summed E-state index contributed by atoms with van der Waals surface area (Å²) in [5.41, 5.74) is 0. The van der Waals surface area contributed by atoms with Crippen LogP contribution in [0.25, 0.3) is 0 Å². The first-order valence-corrected chi connectivity index (χ1v) is 6.65. The predicted molar refractivity (Wildman–Crippen MR) is 73.5 cm³/mol. The second-order valence-corrected chi connectivity index (χ2v) is 4.69. The minimum absolute atomic E-state index is 0.349. The first-order valence-electron chi connectivity index (χ1n) is 6.65. The highest BCUT2D eigenvalue weighted by Gasteiger charge is 2.27. The lowest BCUT2D eigenvalue weighted by atomic mass is 10.2. The van der Waals surface area contributed by atoms with Gasteiger partial charge in [-0.1, -0.05) is 12.1 Å². The van der Waals surface area contributed by atoms with E-state index < -0.39 is 6.10 Å². The Hall–Kier alpha value is -1.30. The summed E-state index contributed by atoms with van der Waals surface area (Å²) in [7, 11) is 1.62. The molecular formula is C14H22N2O3. The second kappa shape index (κ2) is 6.75. The number of para-hydroxylation sites is 2. The standard InChI is InChI=1S/C14H22N2O3/c1-11(17)14(16-9-7-15-8-10-16)19-13-6-4-3-5-12(13)18-2/h3-6,11,14-15,17H,7-10H2,1-2H3. The van der Waals surface area contributed by atoms with Crippen LogP contribution < -0.4 is 14.8 Å². The van der Waals surface area contributed by atoms with Gasteiger partial charge in [0.1, 0.15) is 6.10 Å². The Balaban J connectivity index is 2.11. The van der Waals surface area contributed by atoms with E-state index in [1.54, 1.807) is 14.0 Å². The first-order chi connectivity index (χ1) is 9.22. The largest absolute Gasteiger partial charge is 0.493 e. The van der Waals surface area contributed by atoms with Crippen molar-refractivity contribution in [1.29, 1.82) is 0 Å². The van der Waals surface area contributed by atoms with Crippen LogP contribution in [0, 0.1) is 0 Å². The SMILES string of the molecule is COc1ccccc1OC(C(C)O)N1CCNCC1. The molecule has 0 aromatic heterocycles. The zero-order valence-corrected chi connectivity index (χ0v) is 11.5. The van der Waals surface area contributed by atoms with Crippen LogP contribution >= 0.6 is 0 Å². The van der Waals surface area contributed by atoms with Crippen LogP contribution in [0.2, 0.25) is 0 Å². The maximum atomic E-state index is 9.96. The Kier molecular flexibility index (Phi) is 5.01. The summed E-state index contributed by atoms with van der Waals surface area (Å²) in [6.45, 7) is 5.31. The Labute approximate surface area is 114 Å². The first kappa shape index (κ1) is 14.1. The average molecular weight is 266 g/mol. The lowest BCUT2D eigenvalue weighted by molar-refractivity contribution is -0.0632. The van der Waals surface area contributed by atoms with Gasteiger partial charge < -0.3 is 19.9 Å². The minimum Gasteiger partial charge on any atom is -0.493 e. The maximum Gasteiger partial charge on any atom is 0.178 e. The van der Waals surface area contributed by atoms with Crippen LogP contribution in [-0.2, 0) is 0 Å². The Bertz CT molecular complexity index is 392. The quantitative estimate of drug-likeness (QED) is 0.821. The van der Waals surface area contributed by atoms with Crippen molar-refractivity contribution in [3.8, 4) is 11.5 Å². The van der Waals surface area contributed by atoms with Crippen LogP contribution in [0.3, 0.4) is 0 Å². The third kappa shape index (κ3) is 3.59. The number of aliphatic hydroxyl groups is 1. The van der Waals surface area contributed by atoms with Crippen LogP contribution in [-0.4, -0.2) is 55.6 Å². The molecule has 5 nitrogen and oxygen atoms in total. The number of rotatable bonds is 5. The van der Waals surface area contributed by atoms with Crippen molar-refractivity contribution in [2.75, 3.05) is 33.3 Å². The molecule has 1 fully saturated rings. The molecule has 0 spiro atoms. The van der Waals surface area contributed by atoms with Crippen LogP contribution in [0.1, 0.15) is 6.92 Å². The average Bonchev–Trinajstić information content (AvgIpc) is 2.45. The molecule has 0 bridgehead atoms. The number of nitrogens with one attached hydrogen (secondary N) is 1. The lowest BCUT2D eigenvalue weighted by Gasteiger charge is -2.36. The molecule has 1 aliphatic heterocycles. The Morgan fingerprint density at radius 3 is 2.42 bits per heavy atom. The molecule has 1 saturated heterocycles. The zero-order valence-electron chi connectivity index (χ0n) is 11.5. The Morgan fingerprint density at radius 1 is 1.21 bits per heavy atom. The third-order valence-corrected chi connectivity index (χ3v) is 3.24. The number of ether oxygens (including phenoxy) is 2. The van der Waals surface area contributed by atoms with E-state index in [0.717, 1.165) is 26.2 Å². The van der Waals surface area contributed by atoms with E-state index in [9.17, 15) is 5.11 Å². The fraction of sp³-hybridized carbons (Fsp3) is 0.571. The number of nitrogens with zero attached hydrogens (tertiary/aromatic N) is 1. The van der Waals surface area contributed by atoms with Crippen molar-refractivity contribution in [2.45, 2.75) is 19.3 Å². The molecule has 5 heteroatoms. The normalized spacial score (nSPS) is 19.7. The van der Waals surface area contributed by atoms with Gasteiger partial charge in [-0.25, -0.2) is 0 Å². The monoisotopic (exact) mass is 266 g/mol. The molecule has 0 saturated carbocycles. The van der Waals surface area contributed by atoms with Crippen molar-refractivity contribution in [3.05, 3.63) is 24.3 Å². The lowest BCUT2D eigenvalue weighted by Crippen LogP contribution is -2.54. The summed E-state index contributed by atoms with van der Waals surface area (Å²) in [5.74, 6) is 1.35. The molecule has 0 aliphatic carbocycles. The number of hydrogen-bond donors (Lipinski definition) is 2. The molecule has 2 rings (SSSR count). The van der Waals surface area contributed by atoms with E-state index in [-0.39, 0.29) is 6.23 Å². The molecular weight excluding hydrogens is 244 g/mol. The molecule has 1 aromatic rings. The predicted octanol–water partition coefficient (Wildman–Crippen LogP) is 0.686. The van der Waals surface area contributed by atoms with E-state index in [4.69, 9.17) is 9.47 Å². The number of piperazine rings is 1. The molecule has 19 heavy (non-hydrogen) atoms. The topological polar surface area (TPSA) is 54.0 Å². The van der Waals surface area contributed by atoms with Crippen LogP contribution in [0.15, 0.2) is 24.3 Å². The van der Waals surface area contributed by atoms with Gasteiger partial charge in [0.25, 0.3) is 0 Å². The van der Waals surface area contributed by atoms with Crippen LogP contribution in [0.5, 0.6) is 11.5 Å². The molecule has 1 heterocycles. The molecule has 0 radical (unpaired) electrons. The number of methoxy groups -OCH3 is 1. The highest BCUT2D eigenvalue weighted by molar-refractivity contribution is 5.39. The van der Waals surface area contributed by atoms with Gasteiger partial charge in [0.15, 0.2) is 17.7 Å². The van der Waals surface area contributed by atoms with Crippen molar-refractivity contribution in [3.63, 3.8) is 0 Å². The zero-order chi connectivity index (χ0) is 13.7. The highest BCUT2D eigenvalue weighted by atomic mass is 16.5. The van der Waals surface area contributed by atoms with Gasteiger partial charge >= 0.3 is 0 Å². The molecule has 106 valence electrons. The van der Waals surface area contributed by atoms with Gasteiger partial charge in [0, 0.05) is 26.2 Å². The van der Waals surface area contributed by atoms with E-state index in [0.29, 0.717) is 11.5 Å². The van der Waals surface area contributed by atoms with Gasteiger partial charge in [-0.2, -0.15) is 0 Å². The number of hydrogen-bond acceptors (Lipinski definition) is 5. The van der Waals surface area contributed by atoms with E-state index >= 15 is 0 Å². The summed E-state index contributed by atoms with van der Waals surface area (Å²) in [6, 6.07) is 7.51. The summed E-state index contributed by atoms with van der Waals surface area (Å²) < 4.78 is 11.2. The molecule has 1 aliphatic rings. The third-order valence-electron chi connectivity index (χ3n) is 3.24. The highest BCUT2D eigenvalue weighted by Crippen LogP contribution is 2.28. The molecule has 2 unspecified atom stereocenters. The van der Waals surface area contributed by atoms with Gasteiger partial charge in [-0.15, -0.1) is 0 Å². The van der Waals surface area contributed by atoms with Gasteiger partial charge in [-0.3, -0.25) is 4.90 Å². The molecule has 2 N–H and O–H groups in total. The van der Waals surface area contributed by atoms with Gasteiger partial charge in [-0.05, 0) is 19.1 Å². The van der Waals surface area contributed by atoms with Crippen molar-refractivity contribution in [1.82, 2.24) is 10.2 Å². The van der Waals surface area contributed by atoms with Crippen molar-refractivity contribution >= 4 is 0 Å². The smallest absolute Gasteiger partial charge is 0.178 e. The fourth-order valence-electron chi connectivity index (χ4n) is 2.26. The van der Waals surface area contributed by atoms with E-state index in [2.05, 4.69) is 10.2 Å². The van der Waals surface area contributed by atoms with Crippen LogP contribution in [0.4, 0.5) is 0 Å².